The quantitative estimate of drug-likeness (QED) is 0.856. The summed E-state index contributed by atoms with van der Waals surface area (Å²) in [4.78, 5) is 11.3. The molecule has 0 bridgehead atoms. The molecular formula is C14H14O5S. The van der Waals surface area contributed by atoms with Crippen LogP contribution in [-0.2, 0) is 13.2 Å². The van der Waals surface area contributed by atoms with Crippen molar-refractivity contribution in [2.75, 3.05) is 7.11 Å². The molecule has 0 saturated heterocycles. The zero-order chi connectivity index (χ0) is 14.5. The largest absolute Gasteiger partial charge is 0.493 e. The van der Waals surface area contributed by atoms with E-state index in [4.69, 9.17) is 19.7 Å². The van der Waals surface area contributed by atoms with Crippen molar-refractivity contribution >= 4 is 17.3 Å². The van der Waals surface area contributed by atoms with E-state index in [9.17, 15) is 4.79 Å². The highest BCUT2D eigenvalue weighted by Gasteiger charge is 2.13. The van der Waals surface area contributed by atoms with E-state index in [0.717, 1.165) is 16.9 Å². The number of rotatable bonds is 6. The fraction of sp³-hybridized carbons (Fsp3) is 0.214. The molecule has 0 saturated carbocycles. The van der Waals surface area contributed by atoms with E-state index in [1.807, 2.05) is 0 Å². The molecule has 0 atom stereocenters. The summed E-state index contributed by atoms with van der Waals surface area (Å²) in [6.45, 7) is 0.0737. The van der Waals surface area contributed by atoms with Crippen LogP contribution in [0.4, 0.5) is 0 Å². The van der Waals surface area contributed by atoms with Crippen LogP contribution < -0.4 is 9.47 Å². The first kappa shape index (κ1) is 14.4. The van der Waals surface area contributed by atoms with Gasteiger partial charge < -0.3 is 19.7 Å². The zero-order valence-corrected chi connectivity index (χ0v) is 11.6. The van der Waals surface area contributed by atoms with Crippen LogP contribution in [0.2, 0.25) is 0 Å². The van der Waals surface area contributed by atoms with Crippen molar-refractivity contribution in [2.45, 2.75) is 13.2 Å². The van der Waals surface area contributed by atoms with Gasteiger partial charge in [0.05, 0.1) is 13.7 Å². The lowest BCUT2D eigenvalue weighted by atomic mass is 10.2. The van der Waals surface area contributed by atoms with Gasteiger partial charge in [0, 0.05) is 5.56 Å². The smallest absolute Gasteiger partial charge is 0.346 e. The summed E-state index contributed by atoms with van der Waals surface area (Å²) >= 11 is 1.16. The lowest BCUT2D eigenvalue weighted by Gasteiger charge is -2.11. The highest BCUT2D eigenvalue weighted by molar-refractivity contribution is 7.12. The minimum atomic E-state index is -0.957. The lowest BCUT2D eigenvalue weighted by molar-refractivity contribution is 0.0699. The summed E-state index contributed by atoms with van der Waals surface area (Å²) < 4.78 is 10.8. The minimum Gasteiger partial charge on any atom is -0.493 e. The number of aliphatic hydroxyl groups is 1. The SMILES string of the molecule is COc1cc(CO)ccc1OCc1ccsc1C(=O)O. The van der Waals surface area contributed by atoms with Gasteiger partial charge in [0.15, 0.2) is 11.5 Å². The number of thiophene rings is 1. The number of carboxylic acids is 1. The van der Waals surface area contributed by atoms with E-state index in [1.54, 1.807) is 29.6 Å². The van der Waals surface area contributed by atoms with Crippen molar-refractivity contribution in [2.24, 2.45) is 0 Å². The Bertz CT molecular complexity index is 605. The molecule has 1 aromatic carbocycles. The van der Waals surface area contributed by atoms with Crippen molar-refractivity contribution in [3.63, 3.8) is 0 Å². The normalized spacial score (nSPS) is 10.3. The Morgan fingerprint density at radius 1 is 1.30 bits per heavy atom. The van der Waals surface area contributed by atoms with Crippen LogP contribution in [0, 0.1) is 0 Å². The molecular weight excluding hydrogens is 280 g/mol. The van der Waals surface area contributed by atoms with Crippen LogP contribution in [0.5, 0.6) is 11.5 Å². The molecule has 0 fully saturated rings. The Morgan fingerprint density at radius 3 is 2.75 bits per heavy atom. The van der Waals surface area contributed by atoms with Gasteiger partial charge in [0.2, 0.25) is 0 Å². The van der Waals surface area contributed by atoms with Crippen LogP contribution in [0.3, 0.4) is 0 Å². The van der Waals surface area contributed by atoms with Gasteiger partial charge in [0.1, 0.15) is 11.5 Å². The summed E-state index contributed by atoms with van der Waals surface area (Å²) in [6, 6.07) is 6.82. The van der Waals surface area contributed by atoms with E-state index >= 15 is 0 Å². The van der Waals surface area contributed by atoms with Crippen molar-refractivity contribution in [1.29, 1.82) is 0 Å². The van der Waals surface area contributed by atoms with E-state index in [2.05, 4.69) is 0 Å². The molecule has 0 aliphatic rings. The van der Waals surface area contributed by atoms with Gasteiger partial charge in [-0.05, 0) is 29.1 Å². The van der Waals surface area contributed by atoms with Crippen LogP contribution in [-0.4, -0.2) is 23.3 Å². The number of aromatic carboxylic acids is 1. The first-order valence-corrected chi connectivity index (χ1v) is 6.74. The summed E-state index contributed by atoms with van der Waals surface area (Å²) in [7, 11) is 1.51. The lowest BCUT2D eigenvalue weighted by Crippen LogP contribution is -2.02. The summed E-state index contributed by atoms with van der Waals surface area (Å²) in [5.74, 6) is 0.0529. The average molecular weight is 294 g/mol. The van der Waals surface area contributed by atoms with E-state index in [1.165, 1.54) is 7.11 Å². The highest BCUT2D eigenvalue weighted by Crippen LogP contribution is 2.29. The van der Waals surface area contributed by atoms with Crippen LogP contribution >= 0.6 is 11.3 Å². The number of ether oxygens (including phenoxy) is 2. The Labute approximate surface area is 120 Å². The summed E-state index contributed by atoms with van der Waals surface area (Å²) in [5, 5.41) is 19.8. The van der Waals surface area contributed by atoms with Crippen LogP contribution in [0.25, 0.3) is 0 Å². The number of aliphatic hydroxyl groups excluding tert-OH is 1. The van der Waals surface area contributed by atoms with E-state index < -0.39 is 5.97 Å². The van der Waals surface area contributed by atoms with Gasteiger partial charge in [0.25, 0.3) is 0 Å². The third-order valence-electron chi connectivity index (χ3n) is 2.73. The second-order valence-electron chi connectivity index (χ2n) is 4.01. The minimum absolute atomic E-state index is 0.0790. The molecule has 2 N–H and O–H groups in total. The van der Waals surface area contributed by atoms with Gasteiger partial charge in [-0.25, -0.2) is 4.79 Å². The third-order valence-corrected chi connectivity index (χ3v) is 3.68. The van der Waals surface area contributed by atoms with E-state index in [0.29, 0.717) is 17.1 Å². The number of hydrogen-bond acceptors (Lipinski definition) is 5. The Kier molecular flexibility index (Phi) is 4.60. The molecule has 0 aliphatic heterocycles. The first-order chi connectivity index (χ1) is 9.65. The van der Waals surface area contributed by atoms with Crippen molar-refractivity contribution < 1.29 is 24.5 Å². The maximum absolute atomic E-state index is 11.0. The first-order valence-electron chi connectivity index (χ1n) is 5.86. The number of benzene rings is 1. The topological polar surface area (TPSA) is 76.0 Å². The fourth-order valence-electron chi connectivity index (χ4n) is 1.72. The number of carboxylic acid groups (broad SMARTS) is 1. The second-order valence-corrected chi connectivity index (χ2v) is 4.93. The highest BCUT2D eigenvalue weighted by atomic mass is 32.1. The predicted molar refractivity (Wildman–Crippen MR) is 74.5 cm³/mol. The molecule has 0 aliphatic carbocycles. The second kappa shape index (κ2) is 6.40. The molecule has 5 nitrogen and oxygen atoms in total. The van der Waals surface area contributed by atoms with Gasteiger partial charge >= 0.3 is 5.97 Å². The zero-order valence-electron chi connectivity index (χ0n) is 10.8. The fourth-order valence-corrected chi connectivity index (χ4v) is 2.47. The van der Waals surface area contributed by atoms with Crippen LogP contribution in [0.15, 0.2) is 29.6 Å². The monoisotopic (exact) mass is 294 g/mol. The van der Waals surface area contributed by atoms with Gasteiger partial charge in [-0.15, -0.1) is 11.3 Å². The maximum atomic E-state index is 11.0. The summed E-state index contributed by atoms with van der Waals surface area (Å²) in [5.41, 5.74) is 1.34. The standard InChI is InChI=1S/C14H14O5S/c1-18-12-6-9(7-15)2-3-11(12)19-8-10-4-5-20-13(10)14(16)17/h2-6,15H,7-8H2,1H3,(H,16,17). The molecule has 0 amide bonds. The Morgan fingerprint density at radius 2 is 2.10 bits per heavy atom. The number of hydrogen-bond donors (Lipinski definition) is 2. The summed E-state index contributed by atoms with van der Waals surface area (Å²) in [6.07, 6.45) is 0. The average Bonchev–Trinajstić information content (AvgIpc) is 2.93. The molecule has 6 heteroatoms. The van der Waals surface area contributed by atoms with Crippen molar-refractivity contribution in [1.82, 2.24) is 0 Å². The molecule has 0 spiro atoms. The van der Waals surface area contributed by atoms with Gasteiger partial charge in [-0.3, -0.25) is 0 Å². The van der Waals surface area contributed by atoms with Crippen molar-refractivity contribution in [3.05, 3.63) is 45.6 Å². The van der Waals surface area contributed by atoms with Crippen molar-refractivity contribution in [3.8, 4) is 11.5 Å². The molecule has 2 rings (SSSR count). The Hall–Kier alpha value is -2.05. The van der Waals surface area contributed by atoms with Gasteiger partial charge in [-0.1, -0.05) is 6.07 Å². The van der Waals surface area contributed by atoms with E-state index in [-0.39, 0.29) is 18.1 Å². The maximum Gasteiger partial charge on any atom is 0.346 e. The molecule has 0 radical (unpaired) electrons. The number of carbonyl (C=O) groups is 1. The molecule has 106 valence electrons. The molecule has 2 aromatic rings. The third kappa shape index (κ3) is 3.09. The predicted octanol–water partition coefficient (Wildman–Crippen LogP) is 2.53. The molecule has 0 unspecified atom stereocenters. The van der Waals surface area contributed by atoms with Crippen LogP contribution in [0.1, 0.15) is 20.8 Å². The number of methoxy groups -OCH3 is 1. The Balaban J connectivity index is 2.14. The molecule has 1 heterocycles. The molecule has 1 aromatic heterocycles. The van der Waals surface area contributed by atoms with Gasteiger partial charge in [-0.2, -0.15) is 0 Å². The molecule has 20 heavy (non-hydrogen) atoms.